The van der Waals surface area contributed by atoms with Crippen molar-refractivity contribution in [3.63, 3.8) is 0 Å². The van der Waals surface area contributed by atoms with Crippen molar-refractivity contribution in [2.75, 3.05) is 6.54 Å². The number of carbonyl (C=O) groups is 1. The van der Waals surface area contributed by atoms with Crippen LogP contribution in [0.5, 0.6) is 0 Å². The first kappa shape index (κ1) is 14.5. The Morgan fingerprint density at radius 2 is 2.26 bits per heavy atom. The fourth-order valence-corrected chi connectivity index (χ4v) is 4.04. The predicted molar refractivity (Wildman–Crippen MR) is 76.6 cm³/mol. The van der Waals surface area contributed by atoms with Gasteiger partial charge in [0.25, 0.3) is 0 Å². The molecule has 0 spiro atoms. The highest BCUT2D eigenvalue weighted by molar-refractivity contribution is 7.11. The monoisotopic (exact) mass is 282 g/mol. The minimum atomic E-state index is -0.693. The number of nitrogens with zero attached hydrogens (tertiary/aromatic N) is 2. The zero-order chi connectivity index (χ0) is 14.0. The molecule has 0 radical (unpaired) electrons. The molecule has 0 aromatic carbocycles. The van der Waals surface area contributed by atoms with E-state index in [-0.39, 0.29) is 18.5 Å². The molecule has 0 amide bonds. The molecule has 1 aromatic rings. The summed E-state index contributed by atoms with van der Waals surface area (Å²) in [5, 5.41) is 10.1. The number of piperidine rings is 1. The van der Waals surface area contributed by atoms with Gasteiger partial charge < -0.3 is 5.11 Å². The maximum absolute atomic E-state index is 11.0. The van der Waals surface area contributed by atoms with Crippen LogP contribution in [0.2, 0.25) is 0 Å². The van der Waals surface area contributed by atoms with Crippen molar-refractivity contribution in [3.8, 4) is 0 Å². The molecule has 4 nitrogen and oxygen atoms in total. The van der Waals surface area contributed by atoms with Gasteiger partial charge in [-0.3, -0.25) is 9.69 Å². The van der Waals surface area contributed by atoms with Crippen molar-refractivity contribution >= 4 is 17.3 Å². The molecule has 2 atom stereocenters. The minimum Gasteiger partial charge on any atom is -0.481 e. The second-order valence-corrected chi connectivity index (χ2v) is 6.58. The number of thiazole rings is 1. The van der Waals surface area contributed by atoms with E-state index in [1.54, 1.807) is 11.3 Å². The van der Waals surface area contributed by atoms with Crippen LogP contribution in [0.1, 0.15) is 54.2 Å². The Morgan fingerprint density at radius 3 is 2.84 bits per heavy atom. The Bertz CT molecular complexity index is 458. The average molecular weight is 282 g/mol. The molecule has 1 fully saturated rings. The van der Waals surface area contributed by atoms with Crippen LogP contribution in [0, 0.1) is 13.8 Å². The summed E-state index contributed by atoms with van der Waals surface area (Å²) in [7, 11) is 0. The van der Waals surface area contributed by atoms with E-state index in [0.717, 1.165) is 36.5 Å². The van der Waals surface area contributed by atoms with Gasteiger partial charge in [0.05, 0.1) is 17.1 Å². The number of likely N-dealkylation sites (tertiary alicyclic amines) is 1. The lowest BCUT2D eigenvalue weighted by Gasteiger charge is -2.39. The van der Waals surface area contributed by atoms with E-state index in [2.05, 4.69) is 16.8 Å². The highest BCUT2D eigenvalue weighted by Crippen LogP contribution is 2.34. The van der Waals surface area contributed by atoms with E-state index >= 15 is 0 Å². The van der Waals surface area contributed by atoms with Gasteiger partial charge in [-0.25, -0.2) is 4.98 Å². The second-order valence-electron chi connectivity index (χ2n) is 5.34. The van der Waals surface area contributed by atoms with Crippen molar-refractivity contribution in [1.82, 2.24) is 9.88 Å². The van der Waals surface area contributed by atoms with Gasteiger partial charge >= 0.3 is 5.97 Å². The number of rotatable bonds is 4. The van der Waals surface area contributed by atoms with Crippen molar-refractivity contribution in [2.24, 2.45) is 0 Å². The first-order valence-electron chi connectivity index (χ1n) is 6.90. The molecule has 0 bridgehead atoms. The Balaban J connectivity index is 2.17. The first-order valence-corrected chi connectivity index (χ1v) is 7.72. The van der Waals surface area contributed by atoms with Gasteiger partial charge in [-0.2, -0.15) is 0 Å². The molecular formula is C14H22N2O2S. The third-order valence-corrected chi connectivity index (χ3v) is 5.14. The van der Waals surface area contributed by atoms with Crippen LogP contribution in [0.4, 0.5) is 0 Å². The van der Waals surface area contributed by atoms with Crippen molar-refractivity contribution in [3.05, 3.63) is 15.6 Å². The summed E-state index contributed by atoms with van der Waals surface area (Å²) in [5.74, 6) is -0.693. The number of hydrogen-bond acceptors (Lipinski definition) is 4. The molecule has 1 N–H and O–H groups in total. The zero-order valence-electron chi connectivity index (χ0n) is 11.8. The van der Waals surface area contributed by atoms with E-state index in [1.807, 2.05) is 13.8 Å². The van der Waals surface area contributed by atoms with Crippen LogP contribution in [0.25, 0.3) is 0 Å². The van der Waals surface area contributed by atoms with Gasteiger partial charge in [0.2, 0.25) is 0 Å². The Morgan fingerprint density at radius 1 is 1.53 bits per heavy atom. The number of carboxylic acid groups (broad SMARTS) is 1. The molecule has 2 heterocycles. The lowest BCUT2D eigenvalue weighted by atomic mass is 9.97. The summed E-state index contributed by atoms with van der Waals surface area (Å²) in [6, 6.07) is 0.443. The summed E-state index contributed by atoms with van der Waals surface area (Å²) in [6.07, 6.45) is 3.55. The summed E-state index contributed by atoms with van der Waals surface area (Å²) in [5.41, 5.74) is 1.09. The Hall–Kier alpha value is -0.940. The quantitative estimate of drug-likeness (QED) is 0.921. The molecule has 1 saturated heterocycles. The Labute approximate surface area is 118 Å². The topological polar surface area (TPSA) is 53.4 Å². The molecule has 106 valence electrons. The maximum Gasteiger partial charge on any atom is 0.304 e. The molecule has 5 heteroatoms. The molecule has 1 aliphatic rings. The third-order valence-electron chi connectivity index (χ3n) is 3.90. The van der Waals surface area contributed by atoms with Gasteiger partial charge in [0.1, 0.15) is 0 Å². The van der Waals surface area contributed by atoms with Crippen molar-refractivity contribution in [2.45, 2.75) is 58.5 Å². The van der Waals surface area contributed by atoms with Gasteiger partial charge in [-0.1, -0.05) is 6.42 Å². The molecule has 2 rings (SSSR count). The average Bonchev–Trinajstić information content (AvgIpc) is 2.67. The van der Waals surface area contributed by atoms with E-state index < -0.39 is 5.97 Å². The smallest absolute Gasteiger partial charge is 0.304 e. The van der Waals surface area contributed by atoms with E-state index in [9.17, 15) is 4.79 Å². The van der Waals surface area contributed by atoms with E-state index in [4.69, 9.17) is 5.11 Å². The van der Waals surface area contributed by atoms with Crippen molar-refractivity contribution < 1.29 is 9.90 Å². The molecule has 1 aromatic heterocycles. The Kier molecular flexibility index (Phi) is 4.58. The van der Waals surface area contributed by atoms with Crippen molar-refractivity contribution in [1.29, 1.82) is 0 Å². The lowest BCUT2D eigenvalue weighted by molar-refractivity contribution is -0.139. The molecule has 1 aliphatic heterocycles. The van der Waals surface area contributed by atoms with Gasteiger partial charge in [0, 0.05) is 17.0 Å². The highest BCUT2D eigenvalue weighted by atomic mass is 32.1. The summed E-state index contributed by atoms with van der Waals surface area (Å²) in [6.45, 7) is 7.25. The molecule has 2 unspecified atom stereocenters. The van der Waals surface area contributed by atoms with Gasteiger partial charge in [-0.15, -0.1) is 11.3 Å². The molecule has 0 aliphatic carbocycles. The fourth-order valence-electron chi connectivity index (χ4n) is 3.04. The number of hydrogen-bond donors (Lipinski definition) is 1. The van der Waals surface area contributed by atoms with Gasteiger partial charge in [-0.05, 0) is 40.2 Å². The normalized spacial score (nSPS) is 22.4. The minimum absolute atomic E-state index is 0.169. The molecular weight excluding hydrogens is 260 g/mol. The summed E-state index contributed by atoms with van der Waals surface area (Å²) < 4.78 is 0. The van der Waals surface area contributed by atoms with Gasteiger partial charge in [0.15, 0.2) is 0 Å². The largest absolute Gasteiger partial charge is 0.481 e. The van der Waals surface area contributed by atoms with Crippen LogP contribution in [-0.4, -0.2) is 33.5 Å². The first-order chi connectivity index (χ1) is 8.99. The molecule has 19 heavy (non-hydrogen) atoms. The number of aromatic nitrogens is 1. The van der Waals surface area contributed by atoms with Crippen LogP contribution in [-0.2, 0) is 4.79 Å². The third kappa shape index (κ3) is 3.34. The maximum atomic E-state index is 11.0. The SMILES string of the molecule is Cc1nc(C)c(C(C)N2CCCCC2CC(=O)O)s1. The standard InChI is InChI=1S/C14H22N2O2S/c1-9-14(19-11(3)15-9)10(2)16-7-5-4-6-12(16)8-13(17)18/h10,12H,4-8H2,1-3H3,(H,17,18). The zero-order valence-corrected chi connectivity index (χ0v) is 12.7. The predicted octanol–water partition coefficient (Wildman–Crippen LogP) is 3.15. The summed E-state index contributed by atoms with van der Waals surface area (Å²) in [4.78, 5) is 19.1. The van der Waals surface area contributed by atoms with Crippen LogP contribution in [0.15, 0.2) is 0 Å². The number of aryl methyl sites for hydroxylation is 2. The number of carboxylic acids is 1. The lowest BCUT2D eigenvalue weighted by Crippen LogP contribution is -2.42. The second kappa shape index (κ2) is 6.01. The van der Waals surface area contributed by atoms with Crippen LogP contribution in [0.3, 0.4) is 0 Å². The van der Waals surface area contributed by atoms with E-state index in [1.165, 1.54) is 4.88 Å². The van der Waals surface area contributed by atoms with E-state index in [0.29, 0.717) is 0 Å². The molecule has 0 saturated carbocycles. The highest BCUT2D eigenvalue weighted by Gasteiger charge is 2.30. The summed E-state index contributed by atoms with van der Waals surface area (Å²) >= 11 is 1.74. The van der Waals surface area contributed by atoms with Crippen LogP contribution < -0.4 is 0 Å². The van der Waals surface area contributed by atoms with Crippen LogP contribution >= 0.6 is 11.3 Å². The number of aliphatic carboxylic acids is 1. The fraction of sp³-hybridized carbons (Fsp3) is 0.714.